The summed E-state index contributed by atoms with van der Waals surface area (Å²) >= 11 is 0. The van der Waals surface area contributed by atoms with Crippen molar-refractivity contribution < 1.29 is 27.9 Å². The van der Waals surface area contributed by atoms with Gasteiger partial charge in [0.15, 0.2) is 9.84 Å². The molecule has 0 aromatic rings. The van der Waals surface area contributed by atoms with E-state index in [0.717, 1.165) is 0 Å². The lowest BCUT2D eigenvalue weighted by Crippen LogP contribution is -2.21. The lowest BCUT2D eigenvalue weighted by Gasteiger charge is -2.02. The van der Waals surface area contributed by atoms with Gasteiger partial charge in [-0.3, -0.25) is 9.59 Å². The van der Waals surface area contributed by atoms with E-state index in [2.05, 4.69) is 4.74 Å². The SMILES string of the molecule is CCOC(=O)CS(=O)(=O)CCCC(=O)O. The molecule has 0 amide bonds. The fourth-order valence-corrected chi connectivity index (χ4v) is 2.07. The Morgan fingerprint density at radius 2 is 1.93 bits per heavy atom. The molecule has 7 heteroatoms. The standard InChI is InChI=1S/C8H14O6S/c1-2-14-8(11)6-15(12,13)5-3-4-7(9)10/h2-6H2,1H3,(H,9,10). The van der Waals surface area contributed by atoms with Crippen LogP contribution in [0.4, 0.5) is 0 Å². The molecule has 0 atom stereocenters. The Balaban J connectivity index is 3.97. The van der Waals surface area contributed by atoms with Crippen LogP contribution in [0.25, 0.3) is 0 Å². The minimum atomic E-state index is -3.54. The van der Waals surface area contributed by atoms with E-state index in [1.54, 1.807) is 6.92 Å². The number of rotatable bonds is 7. The summed E-state index contributed by atoms with van der Waals surface area (Å²) in [6, 6.07) is 0. The highest BCUT2D eigenvalue weighted by Gasteiger charge is 2.17. The van der Waals surface area contributed by atoms with Crippen LogP contribution < -0.4 is 0 Å². The van der Waals surface area contributed by atoms with E-state index in [4.69, 9.17) is 5.11 Å². The second kappa shape index (κ2) is 6.39. The normalized spacial score (nSPS) is 11.0. The monoisotopic (exact) mass is 238 g/mol. The summed E-state index contributed by atoms with van der Waals surface area (Å²) in [6.07, 6.45) is -0.209. The quantitative estimate of drug-likeness (QED) is 0.618. The number of esters is 1. The van der Waals surface area contributed by atoms with Gasteiger partial charge in [0.05, 0.1) is 12.4 Å². The third-order valence-corrected chi connectivity index (χ3v) is 3.08. The molecule has 0 aliphatic carbocycles. The predicted molar refractivity (Wildman–Crippen MR) is 52.2 cm³/mol. The van der Waals surface area contributed by atoms with Crippen LogP contribution in [0.3, 0.4) is 0 Å². The number of hydrogen-bond donors (Lipinski definition) is 1. The molecule has 0 aromatic heterocycles. The Morgan fingerprint density at radius 1 is 1.33 bits per heavy atom. The molecule has 0 unspecified atom stereocenters. The van der Waals surface area contributed by atoms with E-state index in [9.17, 15) is 18.0 Å². The van der Waals surface area contributed by atoms with Crippen LogP contribution in [0.2, 0.25) is 0 Å². The molecule has 0 spiro atoms. The van der Waals surface area contributed by atoms with Crippen LogP contribution in [0.15, 0.2) is 0 Å². The molecule has 0 rings (SSSR count). The Labute approximate surface area is 88.2 Å². The molecule has 0 heterocycles. The number of carbonyl (C=O) groups is 2. The van der Waals surface area contributed by atoms with Gasteiger partial charge < -0.3 is 9.84 Å². The maximum atomic E-state index is 11.2. The Kier molecular flexibility index (Phi) is 5.92. The molecule has 0 aromatic carbocycles. The highest BCUT2D eigenvalue weighted by Crippen LogP contribution is 1.99. The summed E-state index contributed by atoms with van der Waals surface area (Å²) in [5.74, 6) is -2.84. The molecule has 0 fully saturated rings. The maximum absolute atomic E-state index is 11.2. The molecule has 1 N–H and O–H groups in total. The number of sulfone groups is 1. The van der Waals surface area contributed by atoms with Gasteiger partial charge in [-0.25, -0.2) is 8.42 Å². The molecule has 15 heavy (non-hydrogen) atoms. The predicted octanol–water partition coefficient (Wildman–Crippen LogP) is -0.171. The second-order valence-corrected chi connectivity index (χ2v) is 5.08. The average molecular weight is 238 g/mol. The maximum Gasteiger partial charge on any atom is 0.321 e. The number of carbonyl (C=O) groups excluding carboxylic acids is 1. The van der Waals surface area contributed by atoms with Gasteiger partial charge in [0.2, 0.25) is 0 Å². The van der Waals surface area contributed by atoms with Gasteiger partial charge in [0.25, 0.3) is 0 Å². The van der Waals surface area contributed by atoms with E-state index >= 15 is 0 Å². The number of hydrogen-bond acceptors (Lipinski definition) is 5. The van der Waals surface area contributed by atoms with Crippen molar-refractivity contribution in [2.75, 3.05) is 18.1 Å². The van der Waals surface area contributed by atoms with E-state index in [0.29, 0.717) is 0 Å². The summed E-state index contributed by atoms with van der Waals surface area (Å²) in [7, 11) is -3.54. The first-order valence-electron chi connectivity index (χ1n) is 4.45. The zero-order valence-electron chi connectivity index (χ0n) is 8.43. The topological polar surface area (TPSA) is 97.7 Å². The lowest BCUT2D eigenvalue weighted by molar-refractivity contribution is -0.140. The molecular formula is C8H14O6S. The number of carboxylic acid groups (broad SMARTS) is 1. The summed E-state index contributed by atoms with van der Waals surface area (Å²) in [5.41, 5.74) is 0. The summed E-state index contributed by atoms with van der Waals surface area (Å²) < 4.78 is 26.9. The first-order chi connectivity index (χ1) is 6.87. The molecule has 0 saturated carbocycles. The second-order valence-electron chi connectivity index (χ2n) is 2.89. The van der Waals surface area contributed by atoms with E-state index in [-0.39, 0.29) is 25.2 Å². The molecular weight excluding hydrogens is 224 g/mol. The van der Waals surface area contributed by atoms with Crippen molar-refractivity contribution in [2.24, 2.45) is 0 Å². The fraction of sp³-hybridized carbons (Fsp3) is 0.750. The molecule has 0 bridgehead atoms. The van der Waals surface area contributed by atoms with Gasteiger partial charge in [-0.1, -0.05) is 0 Å². The van der Waals surface area contributed by atoms with E-state index in [1.807, 2.05) is 0 Å². The highest BCUT2D eigenvalue weighted by atomic mass is 32.2. The van der Waals surface area contributed by atoms with Gasteiger partial charge in [-0.2, -0.15) is 0 Å². The van der Waals surface area contributed by atoms with Crippen LogP contribution in [-0.2, 0) is 24.2 Å². The van der Waals surface area contributed by atoms with Gasteiger partial charge in [-0.05, 0) is 13.3 Å². The van der Waals surface area contributed by atoms with E-state index < -0.39 is 27.5 Å². The molecule has 0 saturated heterocycles. The summed E-state index contributed by atoms with van der Waals surface area (Å²) in [4.78, 5) is 21.0. The van der Waals surface area contributed by atoms with Crippen LogP contribution in [0.5, 0.6) is 0 Å². The largest absolute Gasteiger partial charge is 0.481 e. The van der Waals surface area contributed by atoms with Crippen molar-refractivity contribution in [1.29, 1.82) is 0 Å². The molecule has 0 aliphatic heterocycles. The smallest absolute Gasteiger partial charge is 0.321 e. The van der Waals surface area contributed by atoms with Crippen molar-refractivity contribution in [1.82, 2.24) is 0 Å². The molecule has 6 nitrogen and oxygen atoms in total. The molecule has 0 aliphatic rings. The molecule has 0 radical (unpaired) electrons. The minimum absolute atomic E-state index is 0.0110. The Morgan fingerprint density at radius 3 is 2.40 bits per heavy atom. The van der Waals surface area contributed by atoms with Crippen LogP contribution in [-0.4, -0.2) is 43.6 Å². The van der Waals surface area contributed by atoms with Gasteiger partial charge in [-0.15, -0.1) is 0 Å². The third-order valence-electron chi connectivity index (χ3n) is 1.49. The van der Waals surface area contributed by atoms with Crippen LogP contribution in [0.1, 0.15) is 19.8 Å². The van der Waals surface area contributed by atoms with Gasteiger partial charge >= 0.3 is 11.9 Å². The minimum Gasteiger partial charge on any atom is -0.481 e. The van der Waals surface area contributed by atoms with Gasteiger partial charge in [0.1, 0.15) is 5.75 Å². The summed E-state index contributed by atoms with van der Waals surface area (Å²) in [5, 5.41) is 8.29. The van der Waals surface area contributed by atoms with Crippen molar-refractivity contribution in [3.8, 4) is 0 Å². The van der Waals surface area contributed by atoms with Crippen LogP contribution >= 0.6 is 0 Å². The van der Waals surface area contributed by atoms with Crippen molar-refractivity contribution >= 4 is 21.8 Å². The van der Waals surface area contributed by atoms with Crippen LogP contribution in [0, 0.1) is 0 Å². The fourth-order valence-electron chi connectivity index (χ4n) is 0.898. The Hall–Kier alpha value is -1.11. The third kappa shape index (κ3) is 7.92. The Bertz CT molecular complexity index is 318. The lowest BCUT2D eigenvalue weighted by atomic mass is 10.3. The molecule has 88 valence electrons. The van der Waals surface area contributed by atoms with Crippen molar-refractivity contribution in [3.05, 3.63) is 0 Å². The first-order valence-corrected chi connectivity index (χ1v) is 6.27. The van der Waals surface area contributed by atoms with E-state index in [1.165, 1.54) is 0 Å². The van der Waals surface area contributed by atoms with Crippen molar-refractivity contribution in [3.63, 3.8) is 0 Å². The first kappa shape index (κ1) is 13.9. The number of ether oxygens (including phenoxy) is 1. The number of carboxylic acids is 1. The zero-order valence-corrected chi connectivity index (χ0v) is 9.25. The summed E-state index contributed by atoms with van der Waals surface area (Å²) in [6.45, 7) is 1.71. The number of aliphatic carboxylic acids is 1. The zero-order chi connectivity index (χ0) is 11.9. The van der Waals surface area contributed by atoms with Crippen molar-refractivity contribution in [2.45, 2.75) is 19.8 Å². The van der Waals surface area contributed by atoms with Gasteiger partial charge in [0, 0.05) is 6.42 Å². The highest BCUT2D eigenvalue weighted by molar-refractivity contribution is 7.92. The average Bonchev–Trinajstić information content (AvgIpc) is 2.01.